The molecule has 2 rings (SSSR count). The van der Waals surface area contributed by atoms with Gasteiger partial charge in [-0.3, -0.25) is 0 Å². The molecule has 1 atom stereocenters. The van der Waals surface area contributed by atoms with E-state index in [0.717, 1.165) is 12.1 Å². The van der Waals surface area contributed by atoms with E-state index in [0.29, 0.717) is 12.2 Å². The summed E-state index contributed by atoms with van der Waals surface area (Å²) in [6.45, 7) is 10.5. The van der Waals surface area contributed by atoms with Gasteiger partial charge in [-0.25, -0.2) is 4.79 Å². The van der Waals surface area contributed by atoms with Gasteiger partial charge in [-0.05, 0) is 53.2 Å². The molecule has 1 aliphatic rings. The van der Waals surface area contributed by atoms with Crippen LogP contribution in [0.3, 0.4) is 0 Å². The first-order chi connectivity index (χ1) is 9.75. The molecule has 0 amide bonds. The van der Waals surface area contributed by atoms with Crippen LogP contribution in [0.4, 0.5) is 5.69 Å². The zero-order chi connectivity index (χ0) is 15.7. The van der Waals surface area contributed by atoms with E-state index in [4.69, 9.17) is 9.47 Å². The van der Waals surface area contributed by atoms with Crippen molar-refractivity contribution in [2.75, 3.05) is 11.9 Å². The van der Waals surface area contributed by atoms with Crippen LogP contribution in [0, 0.1) is 0 Å². The van der Waals surface area contributed by atoms with Gasteiger partial charge in [0.05, 0.1) is 29.4 Å². The molecule has 4 heteroatoms. The molecule has 1 aromatic rings. The van der Waals surface area contributed by atoms with Crippen LogP contribution in [0.5, 0.6) is 0 Å². The first-order valence-electron chi connectivity index (χ1n) is 7.48. The van der Waals surface area contributed by atoms with Gasteiger partial charge >= 0.3 is 5.97 Å². The maximum Gasteiger partial charge on any atom is 0.340 e. The molecule has 0 aromatic heterocycles. The Kier molecular flexibility index (Phi) is 4.28. The second-order valence-corrected chi connectivity index (χ2v) is 6.63. The molecule has 1 aromatic carbocycles. The lowest BCUT2D eigenvalue weighted by Crippen LogP contribution is -2.38. The minimum atomic E-state index is -0.295. The average Bonchev–Trinajstić information content (AvgIpc) is 2.58. The molecule has 1 unspecified atom stereocenters. The number of ether oxygens (including phenoxy) is 2. The Balaban J connectivity index is 2.22. The number of para-hydroxylation sites is 1. The number of carbonyl (C=O) groups is 1. The van der Waals surface area contributed by atoms with Crippen molar-refractivity contribution in [1.82, 2.24) is 0 Å². The Morgan fingerprint density at radius 2 is 2.00 bits per heavy atom. The first kappa shape index (κ1) is 15.8. The summed E-state index contributed by atoms with van der Waals surface area (Å²) in [4.78, 5) is 12.0. The number of rotatable bonds is 4. The van der Waals surface area contributed by atoms with Crippen LogP contribution in [0.25, 0.3) is 0 Å². The predicted octanol–water partition coefficient (Wildman–Crippen LogP) is 3.62. The number of hydrogen-bond acceptors (Lipinski definition) is 4. The minimum Gasteiger partial charge on any atom is -0.462 e. The van der Waals surface area contributed by atoms with Crippen LogP contribution < -0.4 is 5.32 Å². The lowest BCUT2D eigenvalue weighted by atomic mass is 9.94. The summed E-state index contributed by atoms with van der Waals surface area (Å²) in [5, 5.41) is 3.47. The number of nitrogens with one attached hydrogen (secondary N) is 1. The molecular formula is C17H25NO3. The van der Waals surface area contributed by atoms with Crippen molar-refractivity contribution in [2.24, 2.45) is 0 Å². The number of anilines is 1. The highest BCUT2D eigenvalue weighted by molar-refractivity contribution is 5.95. The lowest BCUT2D eigenvalue weighted by Gasteiger charge is -2.28. The van der Waals surface area contributed by atoms with E-state index in [9.17, 15) is 4.79 Å². The van der Waals surface area contributed by atoms with Gasteiger partial charge in [-0.2, -0.15) is 0 Å². The Bertz CT molecular complexity index is 523. The Morgan fingerprint density at radius 1 is 1.33 bits per heavy atom. The second-order valence-electron chi connectivity index (χ2n) is 6.63. The fraction of sp³-hybridized carbons (Fsp3) is 0.588. The molecular weight excluding hydrogens is 266 g/mol. The third-order valence-corrected chi connectivity index (χ3v) is 3.83. The van der Waals surface area contributed by atoms with Crippen molar-refractivity contribution in [1.29, 1.82) is 0 Å². The zero-order valence-corrected chi connectivity index (χ0v) is 13.5. The Morgan fingerprint density at radius 3 is 2.57 bits per heavy atom. The monoisotopic (exact) mass is 291 g/mol. The normalized spacial score (nSPS) is 22.8. The lowest BCUT2D eigenvalue weighted by molar-refractivity contribution is -0.0662. The van der Waals surface area contributed by atoms with Crippen molar-refractivity contribution in [2.45, 2.75) is 58.3 Å². The van der Waals surface area contributed by atoms with E-state index in [1.54, 1.807) is 6.07 Å². The van der Waals surface area contributed by atoms with Crippen LogP contribution in [0.2, 0.25) is 0 Å². The van der Waals surface area contributed by atoms with Crippen molar-refractivity contribution in [3.8, 4) is 0 Å². The van der Waals surface area contributed by atoms with E-state index in [2.05, 4.69) is 33.0 Å². The van der Waals surface area contributed by atoms with E-state index in [1.807, 2.05) is 25.1 Å². The zero-order valence-electron chi connectivity index (χ0n) is 13.5. The molecule has 4 nitrogen and oxygen atoms in total. The molecule has 0 saturated carbocycles. The SMILES string of the molecule is CCOC(=O)c1ccccc1NC1CC(C)(C)OC1(C)C. The highest BCUT2D eigenvalue weighted by Gasteiger charge is 2.46. The number of benzene rings is 1. The van der Waals surface area contributed by atoms with Crippen molar-refractivity contribution < 1.29 is 14.3 Å². The topological polar surface area (TPSA) is 47.6 Å². The fourth-order valence-electron chi connectivity index (χ4n) is 2.97. The molecule has 1 N–H and O–H groups in total. The summed E-state index contributed by atoms with van der Waals surface area (Å²) in [5.41, 5.74) is 0.917. The van der Waals surface area contributed by atoms with Gasteiger partial charge in [0, 0.05) is 5.69 Å². The second kappa shape index (κ2) is 5.68. The van der Waals surface area contributed by atoms with Gasteiger partial charge in [0.25, 0.3) is 0 Å². The molecule has 0 radical (unpaired) electrons. The molecule has 1 heterocycles. The first-order valence-corrected chi connectivity index (χ1v) is 7.48. The van der Waals surface area contributed by atoms with E-state index in [1.165, 1.54) is 0 Å². The highest BCUT2D eigenvalue weighted by atomic mass is 16.5. The van der Waals surface area contributed by atoms with Gasteiger partial charge < -0.3 is 14.8 Å². The molecule has 0 bridgehead atoms. The van der Waals surface area contributed by atoms with Crippen LogP contribution >= 0.6 is 0 Å². The molecule has 1 aliphatic heterocycles. The highest BCUT2D eigenvalue weighted by Crippen LogP contribution is 2.39. The summed E-state index contributed by atoms with van der Waals surface area (Å²) in [6, 6.07) is 7.60. The standard InChI is InChI=1S/C17H25NO3/c1-6-20-15(19)12-9-7-8-10-13(12)18-14-11-16(2,3)21-17(14,4)5/h7-10,14,18H,6,11H2,1-5H3. The van der Waals surface area contributed by atoms with Gasteiger partial charge in [-0.15, -0.1) is 0 Å². The number of hydrogen-bond donors (Lipinski definition) is 1. The number of carbonyl (C=O) groups excluding carboxylic acids is 1. The van der Waals surface area contributed by atoms with Crippen molar-refractivity contribution >= 4 is 11.7 Å². The smallest absolute Gasteiger partial charge is 0.340 e. The summed E-state index contributed by atoms with van der Waals surface area (Å²) in [7, 11) is 0. The molecule has 1 fully saturated rings. The quantitative estimate of drug-likeness (QED) is 0.861. The van der Waals surface area contributed by atoms with Crippen molar-refractivity contribution in [3.05, 3.63) is 29.8 Å². The summed E-state index contributed by atoms with van der Waals surface area (Å²) in [5.74, 6) is -0.295. The number of esters is 1. The van der Waals surface area contributed by atoms with E-state index in [-0.39, 0.29) is 23.2 Å². The van der Waals surface area contributed by atoms with Crippen molar-refractivity contribution in [3.63, 3.8) is 0 Å². The van der Waals surface area contributed by atoms with Crippen LogP contribution in [0.15, 0.2) is 24.3 Å². The third-order valence-electron chi connectivity index (χ3n) is 3.83. The van der Waals surface area contributed by atoms with Crippen LogP contribution in [0.1, 0.15) is 51.4 Å². The van der Waals surface area contributed by atoms with Gasteiger partial charge in [0.2, 0.25) is 0 Å². The molecule has 0 spiro atoms. The van der Waals surface area contributed by atoms with Gasteiger partial charge in [0.1, 0.15) is 0 Å². The molecule has 21 heavy (non-hydrogen) atoms. The van der Waals surface area contributed by atoms with E-state index >= 15 is 0 Å². The Labute approximate surface area is 126 Å². The maximum atomic E-state index is 12.0. The van der Waals surface area contributed by atoms with Gasteiger partial charge in [0.15, 0.2) is 0 Å². The Hall–Kier alpha value is -1.55. The van der Waals surface area contributed by atoms with E-state index < -0.39 is 0 Å². The summed E-state index contributed by atoms with van der Waals surface area (Å²) in [6.07, 6.45) is 0.886. The summed E-state index contributed by atoms with van der Waals surface area (Å²) < 4.78 is 11.2. The van der Waals surface area contributed by atoms with Crippen LogP contribution in [-0.4, -0.2) is 29.8 Å². The minimum absolute atomic E-state index is 0.142. The molecule has 116 valence electrons. The molecule has 0 aliphatic carbocycles. The average molecular weight is 291 g/mol. The largest absolute Gasteiger partial charge is 0.462 e. The summed E-state index contributed by atoms with van der Waals surface area (Å²) >= 11 is 0. The van der Waals surface area contributed by atoms with Crippen LogP contribution in [-0.2, 0) is 9.47 Å². The maximum absolute atomic E-state index is 12.0. The fourth-order valence-corrected chi connectivity index (χ4v) is 2.97. The van der Waals surface area contributed by atoms with Gasteiger partial charge in [-0.1, -0.05) is 12.1 Å². The third kappa shape index (κ3) is 3.56. The molecule has 1 saturated heterocycles. The predicted molar refractivity (Wildman–Crippen MR) is 83.7 cm³/mol.